The van der Waals surface area contributed by atoms with E-state index in [1.165, 1.54) is 125 Å². The normalized spacial score (nSPS) is 14.0. The van der Waals surface area contributed by atoms with Gasteiger partial charge in [0.05, 0.1) is 0 Å². The summed E-state index contributed by atoms with van der Waals surface area (Å²) in [7, 11) is -3.45. The molecule has 0 saturated heterocycles. The van der Waals surface area contributed by atoms with E-state index in [1.54, 1.807) is 0 Å². The van der Waals surface area contributed by atoms with Crippen LogP contribution < -0.4 is 0 Å². The van der Waals surface area contributed by atoms with Crippen molar-refractivity contribution >= 4 is 37.7 Å². The Morgan fingerprint density at radius 1 is 0.453 bits per heavy atom. The summed E-state index contributed by atoms with van der Waals surface area (Å²) in [6.07, 6.45) is 23.1. The molecular weight excluding hydrogens is 727 g/mol. The molecule has 3 aromatic carbocycles. The van der Waals surface area contributed by atoms with E-state index in [-0.39, 0.29) is 10.2 Å². The van der Waals surface area contributed by atoms with Gasteiger partial charge in [-0.05, 0) is 0 Å². The number of hydrogen-bond donors (Lipinski definition) is 0. The van der Waals surface area contributed by atoms with Gasteiger partial charge >= 0.3 is 337 Å². The Bertz CT molecular complexity index is 1450. The Kier molecular flexibility index (Phi) is 18.8. The molecule has 2 unspecified atom stereocenters. The fourth-order valence-electron chi connectivity index (χ4n) is 8.47. The number of alkyl halides is 2. The number of hydrogen-bond acceptors (Lipinski definition) is 2. The van der Waals surface area contributed by atoms with Crippen molar-refractivity contribution in [1.29, 1.82) is 0 Å². The standard InChI is InChI=1S/C46H71Cl2N3P2/c1-7-13-32-52(33-14-8-2,34-15-9-3)43(47)38-24-28-40(29-25-38)45-49-50-46(51(45)42-22-20-19-21-23-42)41-30-26-39(27-31-41)44(48)53(35-16-10-4,36-17-11-5)37-18-12-6/h19-31,43-44,52-53H,7-18,32-37H2,1-6H3. The number of rotatable bonds is 25. The molecule has 0 aliphatic rings. The molecular formula is C46H71Cl2N3P2. The van der Waals surface area contributed by atoms with Crippen LogP contribution in [0, 0.1) is 0 Å². The maximum atomic E-state index is 7.61. The van der Waals surface area contributed by atoms with Gasteiger partial charge in [-0.1, -0.05) is 0 Å². The van der Waals surface area contributed by atoms with Crippen LogP contribution in [-0.2, 0) is 0 Å². The molecule has 0 radical (unpaired) electrons. The van der Waals surface area contributed by atoms with E-state index in [0.717, 1.165) is 28.5 Å². The molecule has 0 fully saturated rings. The molecule has 0 saturated carbocycles. The third kappa shape index (κ3) is 11.4. The quantitative estimate of drug-likeness (QED) is 0.0494. The topological polar surface area (TPSA) is 30.7 Å². The summed E-state index contributed by atoms with van der Waals surface area (Å²) in [5.41, 5.74) is 5.72. The molecule has 3 nitrogen and oxygen atoms in total. The number of para-hydroxylation sites is 1. The second-order valence-electron chi connectivity index (χ2n) is 15.8. The SMILES string of the molecule is CCCC[PH](CCCC)(CCCC)C(Cl)c1ccc(-c2nnc(-c3ccc(C(Cl)[PH](CCCC)(CCCC)CCCC)cc3)n2-c2ccccc2)cc1. The van der Waals surface area contributed by atoms with Crippen molar-refractivity contribution in [1.82, 2.24) is 14.8 Å². The number of halogens is 2. The molecule has 7 heteroatoms. The molecule has 0 spiro atoms. The van der Waals surface area contributed by atoms with Crippen LogP contribution in [0.5, 0.6) is 0 Å². The fraction of sp³-hybridized carbons (Fsp3) is 0.565. The Morgan fingerprint density at radius 3 is 1.04 bits per heavy atom. The predicted octanol–water partition coefficient (Wildman–Crippen LogP) is 15.4. The molecule has 4 rings (SSSR count). The zero-order valence-electron chi connectivity index (χ0n) is 34.0. The van der Waals surface area contributed by atoms with Gasteiger partial charge in [-0.2, -0.15) is 0 Å². The van der Waals surface area contributed by atoms with E-state index in [4.69, 9.17) is 33.4 Å². The Hall–Kier alpha value is -1.76. The monoisotopic (exact) mass is 797 g/mol. The molecule has 0 amide bonds. The first-order valence-corrected chi connectivity index (χ1v) is 27.6. The van der Waals surface area contributed by atoms with Crippen molar-refractivity contribution in [2.24, 2.45) is 0 Å². The summed E-state index contributed by atoms with van der Waals surface area (Å²) < 4.78 is 2.21. The summed E-state index contributed by atoms with van der Waals surface area (Å²) in [4.78, 5) is 0. The van der Waals surface area contributed by atoms with Crippen LogP contribution in [0.1, 0.15) is 140 Å². The van der Waals surface area contributed by atoms with E-state index in [1.807, 2.05) is 0 Å². The molecule has 53 heavy (non-hydrogen) atoms. The van der Waals surface area contributed by atoms with Gasteiger partial charge in [0.2, 0.25) is 0 Å². The first-order chi connectivity index (χ1) is 25.8. The van der Waals surface area contributed by atoms with Crippen molar-refractivity contribution in [3.8, 4) is 28.5 Å². The maximum absolute atomic E-state index is 7.61. The van der Waals surface area contributed by atoms with Crippen LogP contribution in [0.15, 0.2) is 78.9 Å². The predicted molar refractivity (Wildman–Crippen MR) is 245 cm³/mol. The van der Waals surface area contributed by atoms with Crippen molar-refractivity contribution in [3.63, 3.8) is 0 Å². The first kappa shape index (κ1) is 44.0. The summed E-state index contributed by atoms with van der Waals surface area (Å²) in [6, 6.07) is 28.6. The molecule has 0 aliphatic carbocycles. The second kappa shape index (κ2) is 22.7. The van der Waals surface area contributed by atoms with Crippen LogP contribution in [0.25, 0.3) is 28.5 Å². The van der Waals surface area contributed by atoms with Crippen LogP contribution >= 0.6 is 37.7 Å². The van der Waals surface area contributed by atoms with E-state index in [2.05, 4.69) is 125 Å². The van der Waals surface area contributed by atoms with E-state index in [0.29, 0.717) is 0 Å². The zero-order chi connectivity index (χ0) is 38.1. The average Bonchev–Trinajstić information content (AvgIpc) is 3.66. The molecule has 2 atom stereocenters. The van der Waals surface area contributed by atoms with Gasteiger partial charge < -0.3 is 0 Å². The van der Waals surface area contributed by atoms with Crippen molar-refractivity contribution in [3.05, 3.63) is 90.0 Å². The minimum atomic E-state index is -1.72. The van der Waals surface area contributed by atoms with Crippen molar-refractivity contribution in [2.75, 3.05) is 37.0 Å². The molecule has 1 heterocycles. The van der Waals surface area contributed by atoms with Crippen molar-refractivity contribution < 1.29 is 0 Å². The van der Waals surface area contributed by atoms with Gasteiger partial charge in [-0.25, -0.2) is 0 Å². The van der Waals surface area contributed by atoms with E-state index in [9.17, 15) is 0 Å². The first-order valence-electron chi connectivity index (χ1n) is 21.3. The minimum absolute atomic E-state index is 0.126. The van der Waals surface area contributed by atoms with Gasteiger partial charge in [0, 0.05) is 0 Å². The summed E-state index contributed by atoms with van der Waals surface area (Å²) >= 11 is 15.2. The van der Waals surface area contributed by atoms with Gasteiger partial charge in [0.25, 0.3) is 0 Å². The van der Waals surface area contributed by atoms with Crippen LogP contribution in [-0.4, -0.2) is 51.7 Å². The summed E-state index contributed by atoms with van der Waals surface area (Å²) in [5, 5.41) is 9.95. The molecule has 0 N–H and O–H groups in total. The van der Waals surface area contributed by atoms with E-state index < -0.39 is 14.5 Å². The van der Waals surface area contributed by atoms with E-state index >= 15 is 0 Å². The molecule has 0 aliphatic heterocycles. The fourth-order valence-corrected chi connectivity index (χ4v) is 21.9. The number of aromatic nitrogens is 3. The van der Waals surface area contributed by atoms with Gasteiger partial charge in [-0.3, -0.25) is 0 Å². The van der Waals surface area contributed by atoms with Gasteiger partial charge in [0.15, 0.2) is 0 Å². The summed E-state index contributed by atoms with van der Waals surface area (Å²) in [6.45, 7) is 13.9. The zero-order valence-corrected chi connectivity index (χ0v) is 37.5. The molecule has 4 aromatic rings. The third-order valence-electron chi connectivity index (χ3n) is 11.8. The number of nitrogens with zero attached hydrogens (tertiary/aromatic N) is 3. The van der Waals surface area contributed by atoms with Gasteiger partial charge in [0.1, 0.15) is 0 Å². The third-order valence-corrected chi connectivity index (χ3v) is 26.0. The van der Waals surface area contributed by atoms with Crippen LogP contribution in [0.2, 0.25) is 0 Å². The molecule has 1 aromatic heterocycles. The average molecular weight is 799 g/mol. The number of benzene rings is 3. The van der Waals surface area contributed by atoms with Crippen molar-refractivity contribution in [2.45, 2.75) is 129 Å². The Labute approximate surface area is 335 Å². The molecule has 0 bridgehead atoms. The van der Waals surface area contributed by atoms with Gasteiger partial charge in [-0.15, -0.1) is 0 Å². The molecule has 294 valence electrons. The summed E-state index contributed by atoms with van der Waals surface area (Å²) in [5.74, 6) is 1.69. The second-order valence-corrected chi connectivity index (χ2v) is 27.0. The number of unbranched alkanes of at least 4 members (excludes halogenated alkanes) is 6. The van der Waals surface area contributed by atoms with Crippen LogP contribution in [0.3, 0.4) is 0 Å². The Morgan fingerprint density at radius 2 is 0.755 bits per heavy atom. The Balaban J connectivity index is 1.71. The van der Waals surface area contributed by atoms with Crippen LogP contribution in [0.4, 0.5) is 0 Å².